The van der Waals surface area contributed by atoms with Crippen molar-refractivity contribution < 1.29 is 9.53 Å². The van der Waals surface area contributed by atoms with E-state index in [9.17, 15) is 10.1 Å². The van der Waals surface area contributed by atoms with E-state index in [4.69, 9.17) is 9.72 Å². The molecule has 2 aliphatic heterocycles. The molecule has 5 rings (SSSR count). The number of anilines is 4. The topological polar surface area (TPSA) is 98.8 Å². The lowest BCUT2D eigenvalue weighted by atomic mass is 9.99. The fourth-order valence-electron chi connectivity index (χ4n) is 4.57. The van der Waals surface area contributed by atoms with Crippen LogP contribution in [0.25, 0.3) is 5.65 Å². The minimum absolute atomic E-state index is 0.0231. The van der Waals surface area contributed by atoms with E-state index in [0.717, 1.165) is 48.6 Å². The van der Waals surface area contributed by atoms with Crippen LogP contribution in [0.2, 0.25) is 0 Å². The van der Waals surface area contributed by atoms with Gasteiger partial charge in [0.05, 0.1) is 18.0 Å². The van der Waals surface area contributed by atoms with Gasteiger partial charge in [-0.05, 0) is 44.2 Å². The number of ether oxygens (including phenoxy) is 1. The van der Waals surface area contributed by atoms with Crippen LogP contribution in [0.5, 0.6) is 5.75 Å². The summed E-state index contributed by atoms with van der Waals surface area (Å²) in [4.78, 5) is 20.9. The number of carbonyl (C=O) groups is 1. The van der Waals surface area contributed by atoms with E-state index in [1.807, 2.05) is 26.2 Å². The van der Waals surface area contributed by atoms with Gasteiger partial charge >= 0.3 is 0 Å². The predicted molar refractivity (Wildman–Crippen MR) is 126 cm³/mol. The van der Waals surface area contributed by atoms with Crippen molar-refractivity contribution in [2.24, 2.45) is 0 Å². The van der Waals surface area contributed by atoms with E-state index in [-0.39, 0.29) is 12.0 Å². The second-order valence-corrected chi connectivity index (χ2v) is 8.81. The van der Waals surface area contributed by atoms with E-state index in [2.05, 4.69) is 34.4 Å². The third kappa shape index (κ3) is 3.82. The van der Waals surface area contributed by atoms with Crippen LogP contribution in [0, 0.1) is 11.3 Å². The molecule has 0 aliphatic carbocycles. The van der Waals surface area contributed by atoms with Gasteiger partial charge in [0, 0.05) is 44.9 Å². The molecular formula is C24H27N7O2. The van der Waals surface area contributed by atoms with Gasteiger partial charge in [-0.2, -0.15) is 14.9 Å². The highest BCUT2D eigenvalue weighted by Crippen LogP contribution is 2.40. The molecule has 1 amide bonds. The van der Waals surface area contributed by atoms with E-state index in [1.54, 1.807) is 9.42 Å². The Morgan fingerprint density at radius 2 is 2.06 bits per heavy atom. The van der Waals surface area contributed by atoms with Crippen LogP contribution in [0.1, 0.15) is 43.7 Å². The van der Waals surface area contributed by atoms with Crippen LogP contribution >= 0.6 is 0 Å². The number of rotatable bonds is 0. The summed E-state index contributed by atoms with van der Waals surface area (Å²) in [5.74, 6) is 2.29. The van der Waals surface area contributed by atoms with Gasteiger partial charge in [-0.3, -0.25) is 4.79 Å². The zero-order valence-electron chi connectivity index (χ0n) is 19.1. The van der Waals surface area contributed by atoms with Gasteiger partial charge in [-0.25, -0.2) is 4.98 Å². The molecule has 4 heterocycles. The van der Waals surface area contributed by atoms with E-state index < -0.39 is 0 Å². The number of fused-ring (bicyclic) bond motifs is 8. The third-order valence-corrected chi connectivity index (χ3v) is 6.40. The molecule has 170 valence electrons. The van der Waals surface area contributed by atoms with Gasteiger partial charge in [0.1, 0.15) is 29.0 Å². The summed E-state index contributed by atoms with van der Waals surface area (Å²) in [5, 5.41) is 17.4. The number of aromatic nitrogens is 3. The quantitative estimate of drug-likeness (QED) is 0.564. The van der Waals surface area contributed by atoms with Crippen molar-refractivity contribution in [2.75, 3.05) is 35.8 Å². The van der Waals surface area contributed by atoms with Gasteiger partial charge in [0.2, 0.25) is 5.91 Å². The van der Waals surface area contributed by atoms with Crippen molar-refractivity contribution in [3.8, 4) is 11.8 Å². The van der Waals surface area contributed by atoms with Crippen molar-refractivity contribution in [3.63, 3.8) is 0 Å². The Bertz CT molecular complexity index is 1280. The van der Waals surface area contributed by atoms with Gasteiger partial charge in [0.15, 0.2) is 5.65 Å². The number of aryl methyl sites for hydroxylation is 1. The fraction of sp³-hybridized carbons (Fsp3) is 0.417. The molecule has 0 radical (unpaired) electrons. The Morgan fingerprint density at radius 3 is 2.88 bits per heavy atom. The zero-order chi connectivity index (χ0) is 23.1. The monoisotopic (exact) mass is 445 g/mol. The lowest BCUT2D eigenvalue weighted by Gasteiger charge is -2.30. The maximum atomic E-state index is 12.4. The first-order chi connectivity index (χ1) is 15.9. The fourth-order valence-corrected chi connectivity index (χ4v) is 4.57. The van der Waals surface area contributed by atoms with Crippen molar-refractivity contribution in [2.45, 2.75) is 45.1 Å². The molecule has 2 aliphatic rings. The van der Waals surface area contributed by atoms with Gasteiger partial charge in [0.25, 0.3) is 0 Å². The maximum absolute atomic E-state index is 12.4. The number of nitriles is 1. The molecule has 33 heavy (non-hydrogen) atoms. The van der Waals surface area contributed by atoms with Crippen LogP contribution < -0.4 is 19.9 Å². The maximum Gasteiger partial charge on any atom is 0.227 e. The summed E-state index contributed by atoms with van der Waals surface area (Å²) in [7, 11) is 3.83. The van der Waals surface area contributed by atoms with Gasteiger partial charge < -0.3 is 19.9 Å². The van der Waals surface area contributed by atoms with Gasteiger partial charge in [-0.15, -0.1) is 0 Å². The van der Waals surface area contributed by atoms with Crippen LogP contribution in [-0.4, -0.2) is 47.2 Å². The number of hydrogen-bond acceptors (Lipinski definition) is 7. The first-order valence-corrected chi connectivity index (χ1v) is 11.3. The van der Waals surface area contributed by atoms with Crippen LogP contribution in [0.15, 0.2) is 24.4 Å². The number of nitrogens with one attached hydrogen (secondary N) is 1. The summed E-state index contributed by atoms with van der Waals surface area (Å²) in [6, 6.07) is 8.14. The molecule has 0 saturated carbocycles. The summed E-state index contributed by atoms with van der Waals surface area (Å²) in [6.45, 7) is 2.91. The molecule has 0 saturated heterocycles. The van der Waals surface area contributed by atoms with E-state index in [0.29, 0.717) is 35.6 Å². The molecule has 9 nitrogen and oxygen atoms in total. The number of amides is 1. The molecule has 0 spiro atoms. The number of carbonyl (C=O) groups excluding carboxylic acids is 1. The second kappa shape index (κ2) is 8.28. The SMILES string of the molecule is C[C@@H]1CCCCN(C)c2cc(n3ncc(C#N)c3n2)Nc2cc3c(c(c2)O1)N(C)C(=O)CC3. The zero-order valence-corrected chi connectivity index (χ0v) is 19.1. The van der Waals surface area contributed by atoms with Crippen molar-refractivity contribution in [1.82, 2.24) is 14.6 Å². The molecule has 1 atom stereocenters. The Labute approximate surface area is 192 Å². The highest BCUT2D eigenvalue weighted by atomic mass is 16.5. The summed E-state index contributed by atoms with van der Waals surface area (Å²) in [6.07, 6.45) is 5.60. The Morgan fingerprint density at radius 1 is 1.21 bits per heavy atom. The van der Waals surface area contributed by atoms with Crippen LogP contribution in [0.3, 0.4) is 0 Å². The minimum atomic E-state index is 0.0231. The molecule has 2 aromatic heterocycles. The average molecular weight is 446 g/mol. The molecule has 4 bridgehead atoms. The predicted octanol–water partition coefficient (Wildman–Crippen LogP) is 3.64. The van der Waals surface area contributed by atoms with Crippen LogP contribution in [-0.2, 0) is 11.2 Å². The Kier molecular flexibility index (Phi) is 5.29. The summed E-state index contributed by atoms with van der Waals surface area (Å²) in [5.41, 5.74) is 3.70. The highest BCUT2D eigenvalue weighted by molar-refractivity contribution is 5.98. The third-order valence-electron chi connectivity index (χ3n) is 6.40. The minimum Gasteiger partial charge on any atom is -0.488 e. The van der Waals surface area contributed by atoms with E-state index in [1.165, 1.54) is 6.20 Å². The molecule has 9 heteroatoms. The molecule has 0 unspecified atom stereocenters. The molecule has 1 aromatic carbocycles. The largest absolute Gasteiger partial charge is 0.488 e. The molecule has 1 N–H and O–H groups in total. The van der Waals surface area contributed by atoms with Gasteiger partial charge in [-0.1, -0.05) is 0 Å². The summed E-state index contributed by atoms with van der Waals surface area (Å²) < 4.78 is 8.04. The molecular weight excluding hydrogens is 418 g/mol. The van der Waals surface area contributed by atoms with Crippen LogP contribution in [0.4, 0.5) is 23.0 Å². The number of benzene rings is 1. The molecule has 0 fully saturated rings. The Balaban J connectivity index is 1.67. The average Bonchev–Trinajstić information content (AvgIpc) is 3.22. The highest BCUT2D eigenvalue weighted by Gasteiger charge is 2.27. The smallest absolute Gasteiger partial charge is 0.227 e. The summed E-state index contributed by atoms with van der Waals surface area (Å²) >= 11 is 0. The van der Waals surface area contributed by atoms with E-state index >= 15 is 0 Å². The first-order valence-electron chi connectivity index (χ1n) is 11.3. The first kappa shape index (κ1) is 21.1. The number of nitrogens with zero attached hydrogens (tertiary/aromatic N) is 6. The van der Waals surface area contributed by atoms with Crippen molar-refractivity contribution in [1.29, 1.82) is 5.26 Å². The van der Waals surface area contributed by atoms with Crippen molar-refractivity contribution in [3.05, 3.63) is 35.5 Å². The Hall–Kier alpha value is -3.80. The normalized spacial score (nSPS) is 18.7. The molecule has 3 aromatic rings. The second-order valence-electron chi connectivity index (χ2n) is 8.81. The lowest BCUT2D eigenvalue weighted by molar-refractivity contribution is -0.118. The standard InChI is InChI=1S/C24H27N7O2/c1-15-6-4-5-9-29(2)20-12-21(31-24(28-20)17(13-25)14-26-31)27-18-10-16-7-8-22(32)30(3)23(16)19(11-18)33-15/h10-12,14-15,27H,4-9H2,1-3H3/t15-/m1/s1. The lowest BCUT2D eigenvalue weighted by Crippen LogP contribution is -2.32. The number of hydrogen-bond donors (Lipinski definition) is 1. The van der Waals surface area contributed by atoms with Crippen molar-refractivity contribution >= 4 is 34.6 Å².